The molecule has 0 bridgehead atoms. The van der Waals surface area contributed by atoms with E-state index in [0.717, 1.165) is 40.8 Å². The molecule has 2 aromatic rings. The largest absolute Gasteiger partial charge is 0.309 e. The minimum atomic E-state index is -3.71. The summed E-state index contributed by atoms with van der Waals surface area (Å²) in [6, 6.07) is 9.10. The SMILES string of the molecule is Cc1cc(C)c(NS(=O)(=O)c2ccc3c(c2)C[C@@H](C)N3C(=O)C2CC2)c(C)c1. The molecule has 1 fully saturated rings. The average molecular weight is 399 g/mol. The number of fused-ring (bicyclic) bond motifs is 1. The van der Waals surface area contributed by atoms with Crippen LogP contribution in [0, 0.1) is 26.7 Å². The van der Waals surface area contributed by atoms with Crippen molar-refractivity contribution < 1.29 is 13.2 Å². The fourth-order valence-corrected chi connectivity index (χ4v) is 5.42. The summed E-state index contributed by atoms with van der Waals surface area (Å²) in [6.07, 6.45) is 2.60. The van der Waals surface area contributed by atoms with E-state index < -0.39 is 10.0 Å². The van der Waals surface area contributed by atoms with E-state index in [4.69, 9.17) is 0 Å². The Morgan fingerprint density at radius 1 is 1.07 bits per heavy atom. The third kappa shape index (κ3) is 3.30. The van der Waals surface area contributed by atoms with E-state index in [-0.39, 0.29) is 22.8 Å². The fourth-order valence-electron chi connectivity index (χ4n) is 4.17. The van der Waals surface area contributed by atoms with E-state index in [1.54, 1.807) is 18.2 Å². The minimum absolute atomic E-state index is 0.0654. The maximum atomic E-state index is 13.0. The number of hydrogen-bond acceptors (Lipinski definition) is 3. The molecule has 0 saturated heterocycles. The first-order valence-corrected chi connectivity index (χ1v) is 11.2. The number of anilines is 2. The molecule has 0 aromatic heterocycles. The van der Waals surface area contributed by atoms with Gasteiger partial charge in [0.2, 0.25) is 5.91 Å². The Balaban J connectivity index is 1.65. The molecule has 0 spiro atoms. The smallest absolute Gasteiger partial charge is 0.261 e. The maximum absolute atomic E-state index is 13.0. The van der Waals surface area contributed by atoms with Gasteiger partial charge in [-0.15, -0.1) is 0 Å². The van der Waals surface area contributed by atoms with Crippen molar-refractivity contribution in [2.24, 2.45) is 5.92 Å². The number of carbonyl (C=O) groups excluding carboxylic acids is 1. The summed E-state index contributed by atoms with van der Waals surface area (Å²) in [5.74, 6) is 0.317. The molecule has 1 aliphatic heterocycles. The lowest BCUT2D eigenvalue weighted by Gasteiger charge is -2.22. The van der Waals surface area contributed by atoms with Gasteiger partial charge in [-0.05, 0) is 81.8 Å². The molecule has 1 N–H and O–H groups in total. The molecule has 5 nitrogen and oxygen atoms in total. The number of sulfonamides is 1. The Kier molecular flexibility index (Phi) is 4.49. The molecule has 4 rings (SSSR count). The van der Waals surface area contributed by atoms with Gasteiger partial charge in [0.1, 0.15) is 0 Å². The van der Waals surface area contributed by atoms with Crippen molar-refractivity contribution in [1.29, 1.82) is 0 Å². The van der Waals surface area contributed by atoms with Crippen LogP contribution in [-0.4, -0.2) is 20.4 Å². The topological polar surface area (TPSA) is 66.5 Å². The number of carbonyl (C=O) groups is 1. The Morgan fingerprint density at radius 2 is 1.71 bits per heavy atom. The molecule has 148 valence electrons. The first kappa shape index (κ1) is 19.0. The molecule has 2 aromatic carbocycles. The van der Waals surface area contributed by atoms with Crippen LogP contribution in [0.2, 0.25) is 0 Å². The normalized spacial score (nSPS) is 18.9. The van der Waals surface area contributed by atoms with Crippen molar-refractivity contribution in [2.45, 2.75) is 57.9 Å². The van der Waals surface area contributed by atoms with Crippen LogP contribution >= 0.6 is 0 Å². The van der Waals surface area contributed by atoms with Gasteiger partial charge in [0.25, 0.3) is 10.0 Å². The van der Waals surface area contributed by atoms with Crippen LogP contribution in [0.4, 0.5) is 11.4 Å². The fraction of sp³-hybridized carbons (Fsp3) is 0.409. The van der Waals surface area contributed by atoms with Gasteiger partial charge in [-0.3, -0.25) is 9.52 Å². The van der Waals surface area contributed by atoms with Crippen molar-refractivity contribution >= 4 is 27.3 Å². The number of hydrogen-bond donors (Lipinski definition) is 1. The summed E-state index contributed by atoms with van der Waals surface area (Å²) in [5.41, 5.74) is 5.30. The zero-order valence-corrected chi connectivity index (χ0v) is 17.6. The summed E-state index contributed by atoms with van der Waals surface area (Å²) in [5, 5.41) is 0. The van der Waals surface area contributed by atoms with E-state index in [1.165, 1.54) is 0 Å². The van der Waals surface area contributed by atoms with E-state index in [9.17, 15) is 13.2 Å². The number of amides is 1. The molecule has 1 amide bonds. The maximum Gasteiger partial charge on any atom is 0.261 e. The molecular weight excluding hydrogens is 372 g/mol. The quantitative estimate of drug-likeness (QED) is 0.843. The third-order valence-electron chi connectivity index (χ3n) is 5.65. The standard InChI is InChI=1S/C22H26N2O3S/c1-13-9-14(2)21(15(3)10-13)23-28(26,27)19-7-8-20-18(12-19)11-16(4)24(20)22(25)17-5-6-17/h7-10,12,16-17,23H,5-6,11H2,1-4H3/t16-/m1/s1. The molecule has 2 aliphatic rings. The van der Waals surface area contributed by atoms with Gasteiger partial charge in [0, 0.05) is 17.6 Å². The highest BCUT2D eigenvalue weighted by Gasteiger charge is 2.39. The van der Waals surface area contributed by atoms with E-state index in [2.05, 4.69) is 4.72 Å². The summed E-state index contributed by atoms with van der Waals surface area (Å²) < 4.78 is 28.8. The first-order valence-electron chi connectivity index (χ1n) is 9.74. The van der Waals surface area contributed by atoms with Gasteiger partial charge in [0.15, 0.2) is 0 Å². The highest BCUT2D eigenvalue weighted by atomic mass is 32.2. The lowest BCUT2D eigenvalue weighted by Crippen LogP contribution is -2.36. The summed E-state index contributed by atoms with van der Waals surface area (Å²) in [6.45, 7) is 7.83. The second-order valence-electron chi connectivity index (χ2n) is 8.21. The molecule has 1 atom stereocenters. The van der Waals surface area contributed by atoms with Crippen molar-refractivity contribution in [3.63, 3.8) is 0 Å². The second-order valence-corrected chi connectivity index (χ2v) is 9.89. The third-order valence-corrected chi connectivity index (χ3v) is 7.00. The molecule has 1 saturated carbocycles. The number of rotatable bonds is 4. The van der Waals surface area contributed by atoms with Crippen LogP contribution in [-0.2, 0) is 21.2 Å². The van der Waals surface area contributed by atoms with E-state index >= 15 is 0 Å². The van der Waals surface area contributed by atoms with Crippen molar-refractivity contribution in [3.05, 3.63) is 52.6 Å². The molecule has 1 heterocycles. The van der Waals surface area contributed by atoms with Gasteiger partial charge in [0.05, 0.1) is 10.6 Å². The molecule has 1 aliphatic carbocycles. The predicted molar refractivity (Wildman–Crippen MR) is 111 cm³/mol. The van der Waals surface area contributed by atoms with Gasteiger partial charge < -0.3 is 4.90 Å². The van der Waals surface area contributed by atoms with Crippen molar-refractivity contribution in [1.82, 2.24) is 0 Å². The Morgan fingerprint density at radius 3 is 2.32 bits per heavy atom. The van der Waals surface area contributed by atoms with Crippen molar-refractivity contribution in [3.8, 4) is 0 Å². The predicted octanol–water partition coefficient (Wildman–Crippen LogP) is 4.10. The van der Waals surface area contributed by atoms with E-state index in [0.29, 0.717) is 12.1 Å². The number of aryl methyl sites for hydroxylation is 3. The lowest BCUT2D eigenvalue weighted by molar-refractivity contribution is -0.120. The molecule has 28 heavy (non-hydrogen) atoms. The molecular formula is C22H26N2O3S. The van der Waals surface area contributed by atoms with Crippen LogP contribution in [0.25, 0.3) is 0 Å². The number of nitrogens with zero attached hydrogens (tertiary/aromatic N) is 1. The van der Waals surface area contributed by atoms with Crippen LogP contribution < -0.4 is 9.62 Å². The van der Waals surface area contributed by atoms with E-state index in [1.807, 2.05) is 44.7 Å². The Labute approximate surface area is 166 Å². The second kappa shape index (κ2) is 6.62. The van der Waals surface area contributed by atoms with Crippen LogP contribution in [0.3, 0.4) is 0 Å². The summed E-state index contributed by atoms with van der Waals surface area (Å²) >= 11 is 0. The van der Waals surface area contributed by atoms with Crippen LogP contribution in [0.1, 0.15) is 42.0 Å². The number of nitrogens with one attached hydrogen (secondary N) is 1. The highest BCUT2D eigenvalue weighted by Crippen LogP contribution is 2.39. The van der Waals surface area contributed by atoms with Gasteiger partial charge >= 0.3 is 0 Å². The van der Waals surface area contributed by atoms with Gasteiger partial charge in [-0.2, -0.15) is 0 Å². The monoisotopic (exact) mass is 398 g/mol. The van der Waals surface area contributed by atoms with Gasteiger partial charge in [-0.1, -0.05) is 17.7 Å². The van der Waals surface area contributed by atoms with Crippen LogP contribution in [0.15, 0.2) is 35.2 Å². The molecule has 6 heteroatoms. The lowest BCUT2D eigenvalue weighted by atomic mass is 10.1. The molecule has 0 radical (unpaired) electrons. The van der Waals surface area contributed by atoms with Crippen LogP contribution in [0.5, 0.6) is 0 Å². The molecule has 0 unspecified atom stereocenters. The Hall–Kier alpha value is -2.34. The average Bonchev–Trinajstić information content (AvgIpc) is 3.39. The zero-order valence-electron chi connectivity index (χ0n) is 16.7. The zero-order chi connectivity index (χ0) is 20.2. The summed E-state index contributed by atoms with van der Waals surface area (Å²) in [7, 11) is -3.71. The summed E-state index contributed by atoms with van der Waals surface area (Å²) in [4.78, 5) is 14.7. The highest BCUT2D eigenvalue weighted by molar-refractivity contribution is 7.92. The van der Waals surface area contributed by atoms with Crippen molar-refractivity contribution in [2.75, 3.05) is 9.62 Å². The minimum Gasteiger partial charge on any atom is -0.309 e. The van der Waals surface area contributed by atoms with Gasteiger partial charge in [-0.25, -0.2) is 8.42 Å². The first-order chi connectivity index (χ1) is 13.2. The number of benzene rings is 2. The Bertz CT molecular complexity index is 1050.